The molecule has 1 fully saturated rings. The van der Waals surface area contributed by atoms with E-state index in [1.807, 2.05) is 12.4 Å². The quantitative estimate of drug-likeness (QED) is 0.872. The van der Waals surface area contributed by atoms with Crippen LogP contribution in [0.5, 0.6) is 0 Å². The first kappa shape index (κ1) is 11.9. The van der Waals surface area contributed by atoms with Gasteiger partial charge in [-0.1, -0.05) is 6.92 Å². The van der Waals surface area contributed by atoms with Gasteiger partial charge in [0.25, 0.3) is 0 Å². The Kier molecular flexibility index (Phi) is 3.82. The molecule has 1 aliphatic rings. The van der Waals surface area contributed by atoms with Crippen LogP contribution in [0.3, 0.4) is 0 Å². The van der Waals surface area contributed by atoms with Gasteiger partial charge in [-0.15, -0.1) is 0 Å². The van der Waals surface area contributed by atoms with Gasteiger partial charge in [-0.3, -0.25) is 0 Å². The maximum atomic E-state index is 4.13. The topological polar surface area (TPSA) is 37.8 Å². The van der Waals surface area contributed by atoms with Gasteiger partial charge in [-0.2, -0.15) is 11.8 Å². The minimum absolute atomic E-state index is 0.292. The van der Waals surface area contributed by atoms with E-state index in [0.29, 0.717) is 10.8 Å². The van der Waals surface area contributed by atoms with Crippen molar-refractivity contribution in [2.45, 2.75) is 37.5 Å². The van der Waals surface area contributed by atoms with Crippen molar-refractivity contribution in [3.63, 3.8) is 0 Å². The summed E-state index contributed by atoms with van der Waals surface area (Å²) >= 11 is 2.07. The Morgan fingerprint density at radius 2 is 2.25 bits per heavy atom. The Morgan fingerprint density at radius 1 is 1.50 bits per heavy atom. The molecule has 88 valence electrons. The fraction of sp³-hybridized carbons (Fsp3) is 0.667. The van der Waals surface area contributed by atoms with Crippen LogP contribution in [-0.2, 0) is 0 Å². The lowest BCUT2D eigenvalue weighted by Crippen LogP contribution is -2.37. The van der Waals surface area contributed by atoms with Gasteiger partial charge >= 0.3 is 0 Å². The molecule has 0 saturated carbocycles. The fourth-order valence-corrected chi connectivity index (χ4v) is 3.81. The molecule has 2 unspecified atom stereocenters. The third-order valence-electron chi connectivity index (χ3n) is 3.18. The molecule has 2 heterocycles. The molecule has 0 spiro atoms. The number of hydrogen-bond donors (Lipinski definition) is 1. The van der Waals surface area contributed by atoms with E-state index < -0.39 is 0 Å². The monoisotopic (exact) mass is 237 g/mol. The third-order valence-corrected chi connectivity index (χ3v) is 4.77. The molecular weight excluding hydrogens is 218 g/mol. The average Bonchev–Trinajstić information content (AvgIpc) is 2.75. The van der Waals surface area contributed by atoms with E-state index in [2.05, 4.69) is 40.9 Å². The van der Waals surface area contributed by atoms with Crippen molar-refractivity contribution >= 4 is 11.8 Å². The van der Waals surface area contributed by atoms with Gasteiger partial charge in [-0.25, -0.2) is 9.97 Å². The minimum Gasteiger partial charge on any atom is -0.309 e. The van der Waals surface area contributed by atoms with Crippen molar-refractivity contribution in [2.75, 3.05) is 12.3 Å². The Bertz CT molecular complexity index is 322. The van der Waals surface area contributed by atoms with Gasteiger partial charge in [-0.05, 0) is 32.1 Å². The molecule has 3 nitrogen and oxygen atoms in total. The Balaban J connectivity index is 2.23. The van der Waals surface area contributed by atoms with Crippen LogP contribution in [-0.4, -0.2) is 27.0 Å². The molecular formula is C12H19N3S. The highest BCUT2D eigenvalue weighted by Gasteiger charge is 2.38. The summed E-state index contributed by atoms with van der Waals surface area (Å²) in [5.41, 5.74) is 1.21. The molecule has 2 atom stereocenters. The number of rotatable bonds is 4. The van der Waals surface area contributed by atoms with Crippen molar-refractivity contribution in [3.8, 4) is 0 Å². The van der Waals surface area contributed by atoms with Gasteiger partial charge in [0.15, 0.2) is 0 Å². The number of nitrogens with zero attached hydrogens (tertiary/aromatic N) is 2. The van der Waals surface area contributed by atoms with Gasteiger partial charge in [0.05, 0.1) is 0 Å². The van der Waals surface area contributed by atoms with E-state index in [1.165, 1.54) is 24.2 Å². The standard InChI is InChI=1S/C12H19N3S/c1-3-15-11(10-7-13-9-14-8-10)12(2)5-4-6-16-12/h7-9,11,15H,3-6H2,1-2H3. The van der Waals surface area contributed by atoms with E-state index in [0.717, 1.165) is 6.54 Å². The number of hydrogen-bond acceptors (Lipinski definition) is 4. The lowest BCUT2D eigenvalue weighted by molar-refractivity contribution is 0.419. The Hall–Kier alpha value is -0.610. The summed E-state index contributed by atoms with van der Waals surface area (Å²) in [5.74, 6) is 1.27. The van der Waals surface area contributed by atoms with E-state index in [-0.39, 0.29) is 0 Å². The maximum Gasteiger partial charge on any atom is 0.115 e. The van der Waals surface area contributed by atoms with E-state index >= 15 is 0 Å². The van der Waals surface area contributed by atoms with Crippen LogP contribution in [0.15, 0.2) is 18.7 Å². The predicted molar refractivity (Wildman–Crippen MR) is 68.5 cm³/mol. The maximum absolute atomic E-state index is 4.13. The fourth-order valence-electron chi connectivity index (χ4n) is 2.38. The highest BCUT2D eigenvalue weighted by atomic mass is 32.2. The summed E-state index contributed by atoms with van der Waals surface area (Å²) in [5, 5.41) is 3.58. The van der Waals surface area contributed by atoms with Gasteiger partial charge in [0.2, 0.25) is 0 Å². The molecule has 0 radical (unpaired) electrons. The summed E-state index contributed by atoms with van der Waals surface area (Å²) in [6, 6.07) is 0.367. The molecule has 1 aliphatic heterocycles. The summed E-state index contributed by atoms with van der Waals surface area (Å²) in [4.78, 5) is 8.26. The lowest BCUT2D eigenvalue weighted by atomic mass is 9.92. The number of aromatic nitrogens is 2. The highest BCUT2D eigenvalue weighted by molar-refractivity contribution is 8.00. The van der Waals surface area contributed by atoms with Crippen LogP contribution >= 0.6 is 11.8 Å². The summed E-state index contributed by atoms with van der Waals surface area (Å²) in [7, 11) is 0. The highest BCUT2D eigenvalue weighted by Crippen LogP contribution is 2.46. The van der Waals surface area contributed by atoms with Crippen LogP contribution in [0.2, 0.25) is 0 Å². The lowest BCUT2D eigenvalue weighted by Gasteiger charge is -2.33. The van der Waals surface area contributed by atoms with E-state index in [4.69, 9.17) is 0 Å². The molecule has 2 rings (SSSR count). The second-order valence-corrected chi connectivity index (χ2v) is 6.06. The van der Waals surface area contributed by atoms with Gasteiger partial charge in [0, 0.05) is 28.7 Å². The third kappa shape index (κ3) is 2.38. The molecule has 0 amide bonds. The van der Waals surface area contributed by atoms with Crippen molar-refractivity contribution in [3.05, 3.63) is 24.3 Å². The SMILES string of the molecule is CCNC(c1cncnc1)C1(C)CCCS1. The molecule has 0 aliphatic carbocycles. The Morgan fingerprint density at radius 3 is 2.81 bits per heavy atom. The Labute approximate surface area is 101 Å². The zero-order valence-corrected chi connectivity index (χ0v) is 10.8. The molecule has 1 aromatic rings. The number of nitrogens with one attached hydrogen (secondary N) is 1. The first-order chi connectivity index (χ1) is 7.76. The zero-order valence-electron chi connectivity index (χ0n) is 9.94. The van der Waals surface area contributed by atoms with Crippen molar-refractivity contribution in [2.24, 2.45) is 0 Å². The van der Waals surface area contributed by atoms with Crippen LogP contribution in [0.4, 0.5) is 0 Å². The van der Waals surface area contributed by atoms with Crippen LogP contribution in [0.25, 0.3) is 0 Å². The van der Waals surface area contributed by atoms with Crippen LogP contribution in [0.1, 0.15) is 38.3 Å². The van der Waals surface area contributed by atoms with E-state index in [1.54, 1.807) is 6.33 Å². The largest absolute Gasteiger partial charge is 0.309 e. The smallest absolute Gasteiger partial charge is 0.115 e. The second-order valence-electron chi connectivity index (χ2n) is 4.43. The summed E-state index contributed by atoms with van der Waals surface area (Å²) in [6.07, 6.45) is 8.05. The van der Waals surface area contributed by atoms with Crippen LogP contribution in [0, 0.1) is 0 Å². The predicted octanol–water partition coefficient (Wildman–Crippen LogP) is 2.41. The van der Waals surface area contributed by atoms with Gasteiger partial charge in [0.1, 0.15) is 6.33 Å². The molecule has 16 heavy (non-hydrogen) atoms. The second kappa shape index (κ2) is 5.15. The molecule has 1 aromatic heterocycles. The average molecular weight is 237 g/mol. The molecule has 0 bridgehead atoms. The molecule has 4 heteroatoms. The van der Waals surface area contributed by atoms with Crippen molar-refractivity contribution < 1.29 is 0 Å². The van der Waals surface area contributed by atoms with E-state index in [9.17, 15) is 0 Å². The van der Waals surface area contributed by atoms with Gasteiger partial charge < -0.3 is 5.32 Å². The number of thioether (sulfide) groups is 1. The first-order valence-corrected chi connectivity index (χ1v) is 6.87. The minimum atomic E-state index is 0.292. The molecule has 1 N–H and O–H groups in total. The summed E-state index contributed by atoms with van der Waals surface area (Å²) < 4.78 is 0.292. The molecule has 1 saturated heterocycles. The molecule has 0 aromatic carbocycles. The summed E-state index contributed by atoms with van der Waals surface area (Å²) in [6.45, 7) is 5.49. The normalized spacial score (nSPS) is 26.9. The zero-order chi connectivity index (χ0) is 11.4. The van der Waals surface area contributed by atoms with Crippen molar-refractivity contribution in [1.82, 2.24) is 15.3 Å². The van der Waals surface area contributed by atoms with Crippen molar-refractivity contribution in [1.29, 1.82) is 0 Å². The first-order valence-electron chi connectivity index (χ1n) is 5.88. The van der Waals surface area contributed by atoms with Crippen LogP contribution < -0.4 is 5.32 Å².